The molecule has 11 heteroatoms. The molecule has 0 radical (unpaired) electrons. The van der Waals surface area contributed by atoms with Gasteiger partial charge < -0.3 is 4.74 Å². The minimum atomic E-state index is -0.583. The van der Waals surface area contributed by atoms with E-state index in [2.05, 4.69) is 35.5 Å². The van der Waals surface area contributed by atoms with Crippen LogP contribution in [0.15, 0.2) is 118 Å². The van der Waals surface area contributed by atoms with Crippen LogP contribution in [0, 0.1) is 0 Å². The van der Waals surface area contributed by atoms with E-state index in [1.54, 1.807) is 36.5 Å². The second-order valence-electron chi connectivity index (χ2n) is 8.23. The number of aromatic amines is 2. The lowest BCUT2D eigenvalue weighted by molar-refractivity contribution is 0.0735. The van der Waals surface area contributed by atoms with Crippen LogP contribution in [0.3, 0.4) is 0 Å². The predicted octanol–water partition coefficient (Wildman–Crippen LogP) is 6.17. The number of nitrogens with one attached hydrogen (secondary N) is 3. The Kier molecular flexibility index (Phi) is 8.45. The lowest BCUT2D eigenvalue weighted by atomic mass is 10.2. The molecule has 0 aliphatic heterocycles. The number of rotatable bonds is 7. The van der Waals surface area contributed by atoms with Crippen LogP contribution in [0.2, 0.25) is 10.0 Å². The summed E-state index contributed by atoms with van der Waals surface area (Å²) in [5, 5.41) is 4.91. The van der Waals surface area contributed by atoms with Crippen LogP contribution in [0.25, 0.3) is 0 Å². The number of aromatic nitrogens is 3. The quantitative estimate of drug-likeness (QED) is 0.0938. The van der Waals surface area contributed by atoms with Gasteiger partial charge >= 0.3 is 5.97 Å². The molecule has 0 aliphatic rings. The fourth-order valence-corrected chi connectivity index (χ4v) is 3.92. The van der Waals surface area contributed by atoms with E-state index < -0.39 is 5.97 Å². The molecule has 0 bridgehead atoms. The highest BCUT2D eigenvalue weighted by Crippen LogP contribution is 2.23. The van der Waals surface area contributed by atoms with Crippen molar-refractivity contribution in [1.82, 2.24) is 15.0 Å². The van der Waals surface area contributed by atoms with E-state index in [1.165, 1.54) is 12.1 Å². The summed E-state index contributed by atoms with van der Waals surface area (Å²) >= 11 is 12.0. The predicted molar refractivity (Wildman–Crippen MR) is 155 cm³/mol. The molecular formula is C29H21Cl2N7O2. The Labute approximate surface area is 238 Å². The number of carbonyl (C=O) groups excluding carboxylic acids is 1. The van der Waals surface area contributed by atoms with Crippen LogP contribution < -0.4 is 21.4 Å². The molecule has 198 valence electrons. The van der Waals surface area contributed by atoms with Crippen molar-refractivity contribution in [3.63, 3.8) is 0 Å². The average molecular weight is 570 g/mol. The van der Waals surface area contributed by atoms with E-state index in [0.29, 0.717) is 28.0 Å². The van der Waals surface area contributed by atoms with Crippen molar-refractivity contribution < 1.29 is 9.53 Å². The zero-order valence-electron chi connectivity index (χ0n) is 20.8. The molecule has 0 saturated carbocycles. The topological polar surface area (TPSA) is 120 Å². The summed E-state index contributed by atoms with van der Waals surface area (Å²) in [6.45, 7) is 0. The van der Waals surface area contributed by atoms with Crippen molar-refractivity contribution in [2.24, 2.45) is 15.1 Å². The number of hydrazone groups is 1. The number of benzene rings is 4. The highest BCUT2D eigenvalue weighted by molar-refractivity contribution is 6.36. The molecule has 9 nitrogen and oxygen atoms in total. The van der Waals surface area contributed by atoms with E-state index in [1.807, 2.05) is 60.7 Å². The molecule has 1 aromatic heterocycles. The largest absolute Gasteiger partial charge is 0.423 e. The van der Waals surface area contributed by atoms with Gasteiger partial charge in [-0.15, -0.1) is 0 Å². The highest BCUT2D eigenvalue weighted by atomic mass is 35.5. The summed E-state index contributed by atoms with van der Waals surface area (Å²) in [5.74, 6) is 0.0968. The molecule has 0 atom stereocenters. The monoisotopic (exact) mass is 569 g/mol. The lowest BCUT2D eigenvalue weighted by Crippen LogP contribution is -2.28. The summed E-state index contributed by atoms with van der Waals surface area (Å²) in [6.07, 6.45) is 1.59. The second-order valence-corrected chi connectivity index (χ2v) is 9.07. The maximum Gasteiger partial charge on any atom is 0.345 e. The molecule has 1 heterocycles. The Balaban J connectivity index is 1.32. The third-order valence-electron chi connectivity index (χ3n) is 5.30. The van der Waals surface area contributed by atoms with Crippen molar-refractivity contribution in [2.75, 3.05) is 5.43 Å². The number of halogens is 2. The van der Waals surface area contributed by atoms with Crippen LogP contribution >= 0.6 is 23.2 Å². The number of esters is 1. The molecule has 0 saturated heterocycles. The Hall–Kier alpha value is -4.99. The number of H-pyrrole nitrogens is 2. The van der Waals surface area contributed by atoms with Gasteiger partial charge in [-0.2, -0.15) is 10.1 Å². The van der Waals surface area contributed by atoms with Crippen molar-refractivity contribution in [1.29, 1.82) is 0 Å². The van der Waals surface area contributed by atoms with Crippen LogP contribution in [0.5, 0.6) is 5.75 Å². The van der Waals surface area contributed by atoms with Crippen LogP contribution in [-0.4, -0.2) is 27.1 Å². The van der Waals surface area contributed by atoms with Crippen molar-refractivity contribution in [3.8, 4) is 5.75 Å². The number of anilines is 1. The molecular weight excluding hydrogens is 549 g/mol. The molecule has 0 fully saturated rings. The number of carbonyl (C=O) groups is 1. The normalized spacial score (nSPS) is 12.1. The fraction of sp³-hybridized carbons (Fsp3) is 0. The molecule has 0 spiro atoms. The minimum Gasteiger partial charge on any atom is -0.423 e. The Morgan fingerprint density at radius 2 is 1.50 bits per heavy atom. The van der Waals surface area contributed by atoms with Gasteiger partial charge in [-0.3, -0.25) is 9.97 Å². The van der Waals surface area contributed by atoms with Crippen molar-refractivity contribution >= 4 is 52.7 Å². The van der Waals surface area contributed by atoms with E-state index in [0.717, 1.165) is 16.9 Å². The fourth-order valence-electron chi connectivity index (χ4n) is 3.44. The van der Waals surface area contributed by atoms with E-state index in [9.17, 15) is 4.79 Å². The Morgan fingerprint density at radius 1 is 0.825 bits per heavy atom. The van der Waals surface area contributed by atoms with Gasteiger partial charge in [0, 0.05) is 5.02 Å². The molecule has 0 aliphatic carbocycles. The first-order chi connectivity index (χ1) is 19.5. The molecule has 5 aromatic rings. The SMILES string of the molecule is O=C(Oc1ccc(/C=N\Nc2nc(=Nc3ccccc3)[nH]c(=Nc3ccccc3)[nH]2)cc1)c1ccc(Cl)cc1Cl. The summed E-state index contributed by atoms with van der Waals surface area (Å²) < 4.78 is 5.41. The average Bonchev–Trinajstić information content (AvgIpc) is 2.95. The number of ether oxygens (including phenoxy) is 1. The van der Waals surface area contributed by atoms with Gasteiger partial charge in [-0.05, 0) is 72.3 Å². The van der Waals surface area contributed by atoms with Crippen LogP contribution in [0.1, 0.15) is 15.9 Å². The molecule has 4 aromatic carbocycles. The number of nitrogens with zero attached hydrogens (tertiary/aromatic N) is 4. The summed E-state index contributed by atoms with van der Waals surface area (Å²) in [6, 6.07) is 30.3. The summed E-state index contributed by atoms with van der Waals surface area (Å²) in [7, 11) is 0. The Morgan fingerprint density at radius 3 is 2.17 bits per heavy atom. The highest BCUT2D eigenvalue weighted by Gasteiger charge is 2.13. The first-order valence-corrected chi connectivity index (χ1v) is 12.7. The molecule has 3 N–H and O–H groups in total. The Bertz CT molecular complexity index is 1710. The van der Waals surface area contributed by atoms with Crippen molar-refractivity contribution in [3.05, 3.63) is 136 Å². The molecule has 40 heavy (non-hydrogen) atoms. The molecule has 0 unspecified atom stereocenters. The van der Waals surface area contributed by atoms with Gasteiger partial charge in [-0.25, -0.2) is 20.2 Å². The van der Waals surface area contributed by atoms with Gasteiger partial charge in [0.15, 0.2) is 0 Å². The standard InChI is InChI=1S/C29H21Cl2N7O2/c30-20-13-16-24(25(31)17-20)26(39)40-23-14-11-19(12-15-23)18-32-38-29-36-27(33-21-7-3-1-4-8-21)35-28(37-29)34-22-9-5-2-6-10-22/h1-18H,(H3,33,34,35,36,37,38)/b32-18-. The van der Waals surface area contributed by atoms with Gasteiger partial charge in [0.25, 0.3) is 0 Å². The number of hydrogen-bond donors (Lipinski definition) is 3. The van der Waals surface area contributed by atoms with Gasteiger partial charge in [-0.1, -0.05) is 59.6 Å². The van der Waals surface area contributed by atoms with Gasteiger partial charge in [0.2, 0.25) is 17.2 Å². The summed E-state index contributed by atoms with van der Waals surface area (Å²) in [4.78, 5) is 32.1. The maximum absolute atomic E-state index is 12.4. The minimum absolute atomic E-state index is 0.218. The van der Waals surface area contributed by atoms with E-state index >= 15 is 0 Å². The van der Waals surface area contributed by atoms with Crippen LogP contribution in [0.4, 0.5) is 17.3 Å². The third-order valence-corrected chi connectivity index (χ3v) is 5.85. The summed E-state index contributed by atoms with van der Waals surface area (Å²) in [5.41, 5.74) is 6.10. The number of hydrogen-bond acceptors (Lipinski definition) is 7. The first-order valence-electron chi connectivity index (χ1n) is 12.0. The van der Waals surface area contributed by atoms with Gasteiger partial charge in [0.05, 0.1) is 28.2 Å². The van der Waals surface area contributed by atoms with Crippen LogP contribution in [-0.2, 0) is 0 Å². The molecule has 5 rings (SSSR count). The zero-order chi connectivity index (χ0) is 27.7. The number of para-hydroxylation sites is 2. The lowest BCUT2D eigenvalue weighted by Gasteiger charge is -2.06. The first kappa shape index (κ1) is 26.6. The maximum atomic E-state index is 12.4. The molecule has 0 amide bonds. The smallest absolute Gasteiger partial charge is 0.345 e. The van der Waals surface area contributed by atoms with E-state index in [4.69, 9.17) is 27.9 Å². The van der Waals surface area contributed by atoms with Crippen molar-refractivity contribution in [2.45, 2.75) is 0 Å². The zero-order valence-corrected chi connectivity index (χ0v) is 22.3. The second kappa shape index (κ2) is 12.7. The van der Waals surface area contributed by atoms with Gasteiger partial charge in [0.1, 0.15) is 5.75 Å². The third kappa shape index (κ3) is 7.31. The van der Waals surface area contributed by atoms with E-state index in [-0.39, 0.29) is 10.6 Å².